The summed E-state index contributed by atoms with van der Waals surface area (Å²) in [7, 11) is 0. The van der Waals surface area contributed by atoms with E-state index < -0.39 is 33.8 Å². The minimum atomic E-state index is -2.25. The average Bonchev–Trinajstić information content (AvgIpc) is 2.35. The van der Waals surface area contributed by atoms with Crippen molar-refractivity contribution >= 4 is 17.9 Å². The van der Waals surface area contributed by atoms with Crippen LogP contribution in [0.4, 0.5) is 5.69 Å². The standard InChI is InChI=1S/C10H6N2O6/c11-3-5-1-2-6(4-13)8(12(17)18)7(5)9(14)10(15)16/h1-2,4,9,14H,(H,15,16). The molecule has 0 spiro atoms. The molecule has 0 aliphatic rings. The molecule has 0 fully saturated rings. The highest BCUT2D eigenvalue weighted by Crippen LogP contribution is 2.31. The average molecular weight is 250 g/mol. The molecule has 1 aromatic carbocycles. The van der Waals surface area contributed by atoms with E-state index in [1.165, 1.54) is 6.07 Å². The molecule has 0 saturated heterocycles. The highest BCUT2D eigenvalue weighted by Gasteiger charge is 2.31. The van der Waals surface area contributed by atoms with Crippen LogP contribution in [0.1, 0.15) is 27.6 Å². The monoisotopic (exact) mass is 250 g/mol. The van der Waals surface area contributed by atoms with Gasteiger partial charge in [0.15, 0.2) is 12.4 Å². The van der Waals surface area contributed by atoms with Gasteiger partial charge in [-0.15, -0.1) is 0 Å². The summed E-state index contributed by atoms with van der Waals surface area (Å²) in [6.07, 6.45) is -2.10. The molecule has 0 bridgehead atoms. The van der Waals surface area contributed by atoms with Gasteiger partial charge in [0.1, 0.15) is 0 Å². The van der Waals surface area contributed by atoms with E-state index in [1.54, 1.807) is 0 Å². The third-order valence-corrected chi connectivity index (χ3v) is 2.19. The summed E-state index contributed by atoms with van der Waals surface area (Å²) < 4.78 is 0. The molecular formula is C10H6N2O6. The number of nitro benzene ring substituents is 1. The molecule has 92 valence electrons. The maximum atomic E-state index is 10.8. The zero-order valence-electron chi connectivity index (χ0n) is 8.73. The summed E-state index contributed by atoms with van der Waals surface area (Å²) in [5.41, 5.74) is -2.35. The zero-order valence-corrected chi connectivity index (χ0v) is 8.73. The number of rotatable bonds is 4. The van der Waals surface area contributed by atoms with Gasteiger partial charge in [0.2, 0.25) is 0 Å². The van der Waals surface area contributed by atoms with Crippen molar-refractivity contribution in [2.75, 3.05) is 0 Å². The minimum absolute atomic E-state index is 0.150. The quantitative estimate of drug-likeness (QED) is 0.447. The normalized spacial score (nSPS) is 11.3. The number of nitro groups is 1. The Morgan fingerprint density at radius 1 is 1.56 bits per heavy atom. The van der Waals surface area contributed by atoms with Gasteiger partial charge in [-0.3, -0.25) is 14.9 Å². The van der Waals surface area contributed by atoms with E-state index in [9.17, 15) is 24.8 Å². The maximum absolute atomic E-state index is 10.8. The van der Waals surface area contributed by atoms with Crippen molar-refractivity contribution < 1.29 is 24.7 Å². The first-order chi connectivity index (χ1) is 8.43. The molecule has 0 heterocycles. The van der Waals surface area contributed by atoms with Crippen LogP contribution in [-0.4, -0.2) is 27.4 Å². The molecular weight excluding hydrogens is 244 g/mol. The molecule has 0 aliphatic heterocycles. The van der Waals surface area contributed by atoms with E-state index in [1.807, 2.05) is 0 Å². The number of benzene rings is 1. The number of carboxylic acids is 1. The fourth-order valence-electron chi connectivity index (χ4n) is 1.42. The predicted octanol–water partition coefficient (Wildman–Crippen LogP) is 0.397. The molecule has 1 rings (SSSR count). The Morgan fingerprint density at radius 3 is 2.56 bits per heavy atom. The van der Waals surface area contributed by atoms with Gasteiger partial charge in [0.05, 0.1) is 27.7 Å². The van der Waals surface area contributed by atoms with Crippen LogP contribution in [0, 0.1) is 21.4 Å². The molecule has 0 aromatic heterocycles. The van der Waals surface area contributed by atoms with E-state index >= 15 is 0 Å². The first kappa shape index (κ1) is 13.3. The topological polar surface area (TPSA) is 142 Å². The first-order valence-corrected chi connectivity index (χ1v) is 4.51. The van der Waals surface area contributed by atoms with Gasteiger partial charge in [-0.2, -0.15) is 5.26 Å². The van der Waals surface area contributed by atoms with E-state index in [4.69, 9.17) is 10.4 Å². The van der Waals surface area contributed by atoms with Crippen molar-refractivity contribution in [2.45, 2.75) is 6.10 Å². The number of carboxylic acid groups (broad SMARTS) is 1. The second kappa shape index (κ2) is 5.03. The number of carbonyl (C=O) groups is 2. The van der Waals surface area contributed by atoms with Crippen LogP contribution in [0.5, 0.6) is 0 Å². The van der Waals surface area contributed by atoms with Crippen molar-refractivity contribution in [1.29, 1.82) is 5.26 Å². The zero-order chi connectivity index (χ0) is 13.9. The third-order valence-electron chi connectivity index (χ3n) is 2.19. The summed E-state index contributed by atoms with van der Waals surface area (Å²) in [5.74, 6) is -1.75. The van der Waals surface area contributed by atoms with Crippen molar-refractivity contribution in [3.63, 3.8) is 0 Å². The number of nitriles is 1. The number of aliphatic hydroxyl groups is 1. The van der Waals surface area contributed by atoms with Gasteiger partial charge in [-0.25, -0.2) is 4.79 Å². The van der Waals surface area contributed by atoms with Crippen LogP contribution in [0.2, 0.25) is 0 Å². The lowest BCUT2D eigenvalue weighted by molar-refractivity contribution is -0.386. The second-order valence-corrected chi connectivity index (χ2v) is 3.19. The number of aldehydes is 1. The van der Waals surface area contributed by atoms with Crippen molar-refractivity contribution in [2.24, 2.45) is 0 Å². The SMILES string of the molecule is N#Cc1ccc(C=O)c([N+](=O)[O-])c1C(O)C(=O)O. The van der Waals surface area contributed by atoms with Gasteiger partial charge in [-0.1, -0.05) is 0 Å². The molecule has 8 heteroatoms. The van der Waals surface area contributed by atoms with Crippen molar-refractivity contribution in [3.8, 4) is 6.07 Å². The van der Waals surface area contributed by atoms with Gasteiger partial charge in [0.25, 0.3) is 5.69 Å². The smallest absolute Gasteiger partial charge is 0.337 e. The number of carbonyl (C=O) groups excluding carboxylic acids is 1. The largest absolute Gasteiger partial charge is 0.479 e. The molecule has 0 amide bonds. The van der Waals surface area contributed by atoms with Gasteiger partial charge in [-0.05, 0) is 12.1 Å². The Morgan fingerprint density at radius 2 is 2.17 bits per heavy atom. The highest BCUT2D eigenvalue weighted by molar-refractivity contribution is 5.86. The lowest BCUT2D eigenvalue weighted by atomic mass is 9.97. The first-order valence-electron chi connectivity index (χ1n) is 4.51. The fraction of sp³-hybridized carbons (Fsp3) is 0.100. The second-order valence-electron chi connectivity index (χ2n) is 3.19. The molecule has 8 nitrogen and oxygen atoms in total. The summed E-state index contributed by atoms with van der Waals surface area (Å²) in [4.78, 5) is 31.2. The van der Waals surface area contributed by atoms with Crippen LogP contribution in [0.15, 0.2) is 12.1 Å². The van der Waals surface area contributed by atoms with Gasteiger partial charge in [0, 0.05) is 0 Å². The summed E-state index contributed by atoms with van der Waals surface area (Å²) in [6, 6.07) is 3.59. The van der Waals surface area contributed by atoms with Gasteiger partial charge >= 0.3 is 5.97 Å². The molecule has 18 heavy (non-hydrogen) atoms. The predicted molar refractivity (Wildman–Crippen MR) is 55.8 cm³/mol. The number of hydrogen-bond donors (Lipinski definition) is 2. The van der Waals surface area contributed by atoms with Crippen molar-refractivity contribution in [3.05, 3.63) is 38.9 Å². The fourth-order valence-corrected chi connectivity index (χ4v) is 1.42. The minimum Gasteiger partial charge on any atom is -0.479 e. The number of nitrogens with zero attached hydrogens (tertiary/aromatic N) is 2. The molecule has 2 N–H and O–H groups in total. The van der Waals surface area contributed by atoms with Gasteiger partial charge < -0.3 is 10.2 Å². The molecule has 1 unspecified atom stereocenters. The Labute approximate surface area is 99.8 Å². The summed E-state index contributed by atoms with van der Waals surface area (Å²) >= 11 is 0. The van der Waals surface area contributed by atoms with Crippen LogP contribution >= 0.6 is 0 Å². The van der Waals surface area contributed by atoms with E-state index in [0.717, 1.165) is 12.1 Å². The molecule has 0 aliphatic carbocycles. The molecule has 0 radical (unpaired) electrons. The summed E-state index contributed by atoms with van der Waals surface area (Å²) in [6.45, 7) is 0. The van der Waals surface area contributed by atoms with Crippen LogP contribution in [0.3, 0.4) is 0 Å². The van der Waals surface area contributed by atoms with Crippen molar-refractivity contribution in [1.82, 2.24) is 0 Å². The molecule has 1 aromatic rings. The Balaban J connectivity index is 3.72. The Hall–Kier alpha value is -2.79. The number of aliphatic hydroxyl groups excluding tert-OH is 1. The Bertz CT molecular complexity index is 574. The molecule has 1 atom stereocenters. The number of hydrogen-bond acceptors (Lipinski definition) is 6. The van der Waals surface area contributed by atoms with E-state index in [2.05, 4.69) is 0 Å². The van der Waals surface area contributed by atoms with E-state index in [0.29, 0.717) is 0 Å². The highest BCUT2D eigenvalue weighted by atomic mass is 16.6. The van der Waals surface area contributed by atoms with Crippen LogP contribution < -0.4 is 0 Å². The van der Waals surface area contributed by atoms with Crippen LogP contribution in [0.25, 0.3) is 0 Å². The third kappa shape index (κ3) is 2.16. The lowest BCUT2D eigenvalue weighted by Crippen LogP contribution is -2.15. The number of aliphatic carboxylic acids is 1. The van der Waals surface area contributed by atoms with Crippen LogP contribution in [-0.2, 0) is 4.79 Å². The van der Waals surface area contributed by atoms with E-state index in [-0.39, 0.29) is 11.8 Å². The Kier molecular flexibility index (Phi) is 3.71. The lowest BCUT2D eigenvalue weighted by Gasteiger charge is -2.09. The summed E-state index contributed by atoms with van der Waals surface area (Å²) in [5, 5.41) is 37.6. The molecule has 0 saturated carbocycles. The maximum Gasteiger partial charge on any atom is 0.337 e.